The van der Waals surface area contributed by atoms with Crippen molar-refractivity contribution in [2.75, 3.05) is 13.2 Å². The third-order valence-corrected chi connectivity index (χ3v) is 6.93. The van der Waals surface area contributed by atoms with Gasteiger partial charge in [-0.05, 0) is 74.9 Å². The number of amides is 1. The number of aliphatic hydroxyl groups excluding tert-OH is 1. The second kappa shape index (κ2) is 9.08. The predicted octanol–water partition coefficient (Wildman–Crippen LogP) is 4.62. The molecule has 0 radical (unpaired) electrons. The van der Waals surface area contributed by atoms with Gasteiger partial charge in [0.2, 0.25) is 0 Å². The fraction of sp³-hybridized carbons (Fsp3) is 0.440. The lowest BCUT2D eigenvalue weighted by Gasteiger charge is -2.25. The van der Waals surface area contributed by atoms with Crippen molar-refractivity contribution in [1.29, 1.82) is 0 Å². The molecule has 7 heteroatoms. The van der Waals surface area contributed by atoms with Gasteiger partial charge in [0, 0.05) is 30.0 Å². The first-order valence-electron chi connectivity index (χ1n) is 11.0. The van der Waals surface area contributed by atoms with Crippen molar-refractivity contribution in [3.8, 4) is 5.75 Å². The molecular formula is C25H29NO5S. The normalized spacial score (nSPS) is 22.0. The Kier molecular flexibility index (Phi) is 6.40. The molecule has 0 aliphatic carbocycles. The summed E-state index contributed by atoms with van der Waals surface area (Å²) in [6.07, 6.45) is 1.54. The maximum absolute atomic E-state index is 13.1. The van der Waals surface area contributed by atoms with Crippen LogP contribution < -0.4 is 4.74 Å². The second-order valence-electron chi connectivity index (χ2n) is 8.69. The summed E-state index contributed by atoms with van der Waals surface area (Å²) in [6, 6.07) is 6.79. The summed E-state index contributed by atoms with van der Waals surface area (Å²) < 4.78 is 11.4. The number of nitrogens with zero attached hydrogens (tertiary/aromatic N) is 1. The van der Waals surface area contributed by atoms with Crippen molar-refractivity contribution in [2.45, 2.75) is 58.8 Å². The van der Waals surface area contributed by atoms with Crippen LogP contribution >= 0.6 is 11.3 Å². The first kappa shape index (κ1) is 22.6. The van der Waals surface area contributed by atoms with E-state index in [1.807, 2.05) is 51.3 Å². The molecule has 0 saturated carbocycles. The van der Waals surface area contributed by atoms with E-state index >= 15 is 0 Å². The second-order valence-corrected chi connectivity index (χ2v) is 9.64. The number of Topliss-reactive ketones (excluding diaryl/α,β-unsaturated/α-hetero) is 1. The highest BCUT2D eigenvalue weighted by molar-refractivity contribution is 7.10. The Labute approximate surface area is 192 Å². The molecule has 32 heavy (non-hydrogen) atoms. The van der Waals surface area contributed by atoms with Gasteiger partial charge in [0.1, 0.15) is 17.6 Å². The highest BCUT2D eigenvalue weighted by Crippen LogP contribution is 2.43. The predicted molar refractivity (Wildman–Crippen MR) is 124 cm³/mol. The molecule has 1 fully saturated rings. The van der Waals surface area contributed by atoms with Gasteiger partial charge in [-0.25, -0.2) is 0 Å². The van der Waals surface area contributed by atoms with Gasteiger partial charge in [-0.1, -0.05) is 0 Å². The first-order chi connectivity index (χ1) is 15.3. The molecule has 170 valence electrons. The van der Waals surface area contributed by atoms with Crippen LogP contribution in [0.1, 0.15) is 54.8 Å². The highest BCUT2D eigenvalue weighted by atomic mass is 32.1. The van der Waals surface area contributed by atoms with E-state index in [0.717, 1.165) is 28.2 Å². The average Bonchev–Trinajstić information content (AvgIpc) is 3.40. The maximum Gasteiger partial charge on any atom is 0.295 e. The number of hydrogen-bond donors (Lipinski definition) is 1. The minimum absolute atomic E-state index is 0.0785. The summed E-state index contributed by atoms with van der Waals surface area (Å²) in [5.41, 5.74) is 2.66. The quantitative estimate of drug-likeness (QED) is 0.285. The number of aryl methyl sites for hydroxylation is 1. The van der Waals surface area contributed by atoms with E-state index in [1.165, 1.54) is 11.3 Å². The van der Waals surface area contributed by atoms with Gasteiger partial charge in [-0.2, -0.15) is 0 Å². The van der Waals surface area contributed by atoms with Crippen molar-refractivity contribution >= 4 is 28.8 Å². The van der Waals surface area contributed by atoms with Gasteiger partial charge in [0.05, 0.1) is 17.7 Å². The summed E-state index contributed by atoms with van der Waals surface area (Å²) in [6.45, 7) is 8.76. The van der Waals surface area contributed by atoms with Crippen molar-refractivity contribution in [3.63, 3.8) is 0 Å². The van der Waals surface area contributed by atoms with E-state index in [1.54, 1.807) is 11.0 Å². The zero-order chi connectivity index (χ0) is 23.0. The monoisotopic (exact) mass is 455 g/mol. The van der Waals surface area contributed by atoms with Crippen LogP contribution in [0.2, 0.25) is 0 Å². The highest BCUT2D eigenvalue weighted by Gasteiger charge is 2.46. The number of benzene rings is 1. The number of fused-ring (bicyclic) bond motifs is 1. The molecule has 2 aliphatic heterocycles. The van der Waals surface area contributed by atoms with Crippen LogP contribution in [-0.2, 0) is 20.7 Å². The third kappa shape index (κ3) is 4.19. The van der Waals surface area contributed by atoms with Crippen LogP contribution in [0.4, 0.5) is 0 Å². The summed E-state index contributed by atoms with van der Waals surface area (Å²) in [4.78, 5) is 28.6. The van der Waals surface area contributed by atoms with Crippen LogP contribution in [0.25, 0.3) is 5.76 Å². The van der Waals surface area contributed by atoms with E-state index in [4.69, 9.17) is 9.47 Å². The van der Waals surface area contributed by atoms with Crippen molar-refractivity contribution < 1.29 is 24.2 Å². The molecule has 0 spiro atoms. The van der Waals surface area contributed by atoms with E-state index in [-0.39, 0.29) is 23.5 Å². The molecule has 1 N–H and O–H groups in total. The Morgan fingerprint density at radius 3 is 2.78 bits per heavy atom. The van der Waals surface area contributed by atoms with Crippen LogP contribution in [0.15, 0.2) is 35.2 Å². The number of rotatable bonds is 7. The number of ether oxygens (including phenoxy) is 2. The van der Waals surface area contributed by atoms with Gasteiger partial charge in [-0.15, -0.1) is 11.3 Å². The molecule has 2 aliphatic rings. The molecular weight excluding hydrogens is 426 g/mol. The number of likely N-dealkylation sites (tertiary alicyclic amines) is 1. The molecule has 1 aromatic carbocycles. The van der Waals surface area contributed by atoms with Crippen LogP contribution in [0.5, 0.6) is 5.75 Å². The Hall–Kier alpha value is -2.64. The largest absolute Gasteiger partial charge is 0.507 e. The summed E-state index contributed by atoms with van der Waals surface area (Å²) >= 11 is 1.49. The smallest absolute Gasteiger partial charge is 0.295 e. The lowest BCUT2D eigenvalue weighted by Crippen LogP contribution is -2.31. The average molecular weight is 456 g/mol. The Bertz CT molecular complexity index is 1070. The van der Waals surface area contributed by atoms with E-state index in [2.05, 4.69) is 0 Å². The SMILES string of the molecule is Cc1ccsc1C1/C(=C(/O)c2ccc3c(c2)CC(C)O3)C(=O)C(=O)N1CCCOC(C)C. The van der Waals surface area contributed by atoms with Gasteiger partial charge < -0.3 is 19.5 Å². The third-order valence-electron chi connectivity index (χ3n) is 5.85. The Morgan fingerprint density at radius 2 is 2.09 bits per heavy atom. The molecule has 3 heterocycles. The number of carbonyl (C=O) groups is 2. The molecule has 1 aromatic heterocycles. The topological polar surface area (TPSA) is 76.1 Å². The maximum atomic E-state index is 13.1. The zero-order valence-corrected chi connectivity index (χ0v) is 19.7. The molecule has 2 aromatic rings. The fourth-order valence-electron chi connectivity index (χ4n) is 4.33. The van der Waals surface area contributed by atoms with Gasteiger partial charge >= 0.3 is 0 Å². The Morgan fingerprint density at radius 1 is 1.31 bits per heavy atom. The summed E-state index contributed by atoms with van der Waals surface area (Å²) in [5, 5.41) is 13.2. The lowest BCUT2D eigenvalue weighted by molar-refractivity contribution is -0.140. The summed E-state index contributed by atoms with van der Waals surface area (Å²) in [5.74, 6) is -0.558. The molecule has 6 nitrogen and oxygen atoms in total. The van der Waals surface area contributed by atoms with Crippen molar-refractivity contribution in [1.82, 2.24) is 4.90 Å². The minimum Gasteiger partial charge on any atom is -0.507 e. The van der Waals surface area contributed by atoms with Crippen LogP contribution in [0, 0.1) is 6.92 Å². The van der Waals surface area contributed by atoms with E-state index < -0.39 is 17.7 Å². The molecule has 4 rings (SSSR count). The fourth-order valence-corrected chi connectivity index (χ4v) is 5.37. The Balaban J connectivity index is 1.72. The zero-order valence-electron chi connectivity index (χ0n) is 18.9. The number of aliphatic hydroxyl groups is 1. The first-order valence-corrected chi connectivity index (χ1v) is 11.9. The lowest BCUT2D eigenvalue weighted by atomic mass is 9.97. The number of hydrogen-bond acceptors (Lipinski definition) is 6. The van der Waals surface area contributed by atoms with Crippen molar-refractivity contribution in [2.24, 2.45) is 0 Å². The number of ketones is 1. The van der Waals surface area contributed by atoms with Gasteiger partial charge in [0.25, 0.3) is 11.7 Å². The number of thiophene rings is 1. The minimum atomic E-state index is -0.643. The summed E-state index contributed by atoms with van der Waals surface area (Å²) in [7, 11) is 0. The molecule has 2 atom stereocenters. The standard InChI is InChI=1S/C25H29NO5S/c1-14(2)30-10-5-9-26-21(24-15(3)8-11-32-24)20(23(28)25(26)29)22(27)17-6-7-19-18(13-17)12-16(4)31-19/h6-8,11,13-14,16,21,27H,5,9-10,12H2,1-4H3/b22-20-. The number of carbonyl (C=O) groups excluding carboxylic acids is 2. The molecule has 1 saturated heterocycles. The molecule has 0 bridgehead atoms. The van der Waals surface area contributed by atoms with Crippen LogP contribution in [0.3, 0.4) is 0 Å². The van der Waals surface area contributed by atoms with Crippen LogP contribution in [-0.4, -0.2) is 47.1 Å². The van der Waals surface area contributed by atoms with Crippen molar-refractivity contribution in [3.05, 3.63) is 56.8 Å². The van der Waals surface area contributed by atoms with E-state index in [9.17, 15) is 14.7 Å². The van der Waals surface area contributed by atoms with E-state index in [0.29, 0.717) is 25.1 Å². The van der Waals surface area contributed by atoms with Gasteiger partial charge in [0.15, 0.2) is 0 Å². The molecule has 2 unspecified atom stereocenters. The van der Waals surface area contributed by atoms with Gasteiger partial charge in [-0.3, -0.25) is 9.59 Å². The molecule has 1 amide bonds.